The summed E-state index contributed by atoms with van der Waals surface area (Å²) in [6, 6.07) is 6.31. The molecule has 0 aliphatic rings. The van der Waals surface area contributed by atoms with Gasteiger partial charge in [0.15, 0.2) is 21.3 Å². The summed E-state index contributed by atoms with van der Waals surface area (Å²) in [6.45, 7) is 0.309. The molecule has 0 aliphatic heterocycles. The summed E-state index contributed by atoms with van der Waals surface area (Å²) in [5.74, 6) is -1.00. The molecule has 7 nitrogen and oxygen atoms in total. The molecule has 0 aliphatic carbocycles. The third-order valence-corrected chi connectivity index (χ3v) is 3.84. The Balaban J connectivity index is 2.12. The molecule has 0 radical (unpaired) electrons. The van der Waals surface area contributed by atoms with E-state index in [2.05, 4.69) is 15.3 Å². The highest BCUT2D eigenvalue weighted by Crippen LogP contribution is 2.13. The fourth-order valence-electron chi connectivity index (χ4n) is 1.66. The van der Waals surface area contributed by atoms with Crippen LogP contribution in [0, 0.1) is 0 Å². The highest BCUT2D eigenvalue weighted by atomic mass is 32.2. The zero-order valence-electron chi connectivity index (χ0n) is 11.1. The first kappa shape index (κ1) is 14.9. The minimum absolute atomic E-state index is 0.162. The van der Waals surface area contributed by atoms with Crippen molar-refractivity contribution in [2.45, 2.75) is 11.4 Å². The van der Waals surface area contributed by atoms with Gasteiger partial charge in [0.2, 0.25) is 0 Å². The highest BCUT2D eigenvalue weighted by Gasteiger charge is 2.12. The fourth-order valence-corrected chi connectivity index (χ4v) is 2.29. The number of sulfone groups is 1. The number of nitrogens with zero attached hydrogens (tertiary/aromatic N) is 2. The number of nitrogens with one attached hydrogen (secondary N) is 1. The number of aromatic nitrogens is 2. The molecule has 0 saturated heterocycles. The molecule has 8 heteroatoms. The van der Waals surface area contributed by atoms with Crippen LogP contribution in [0.3, 0.4) is 0 Å². The molecular weight excluding hydrogens is 294 g/mol. The first-order valence-electron chi connectivity index (χ1n) is 5.95. The third-order valence-electron chi connectivity index (χ3n) is 2.71. The van der Waals surface area contributed by atoms with E-state index in [9.17, 15) is 13.2 Å². The Morgan fingerprint density at radius 2 is 1.81 bits per heavy atom. The highest BCUT2D eigenvalue weighted by molar-refractivity contribution is 7.90. The summed E-state index contributed by atoms with van der Waals surface area (Å²) in [5, 5.41) is 11.8. The van der Waals surface area contributed by atoms with Crippen LogP contribution in [0.25, 0.3) is 0 Å². The molecule has 0 atom stereocenters. The number of carbonyl (C=O) groups is 1. The van der Waals surface area contributed by atoms with Crippen LogP contribution < -0.4 is 5.32 Å². The third kappa shape index (κ3) is 3.76. The molecule has 2 aromatic rings. The van der Waals surface area contributed by atoms with Gasteiger partial charge in [0.05, 0.1) is 4.90 Å². The molecule has 1 aromatic carbocycles. The van der Waals surface area contributed by atoms with Crippen LogP contribution in [0.15, 0.2) is 41.6 Å². The Hall–Kier alpha value is -2.48. The molecule has 0 saturated carbocycles. The average molecular weight is 307 g/mol. The molecule has 1 aromatic heterocycles. The SMILES string of the molecule is CS(=O)(=O)c1ccc(CNc2nccnc2C(=O)O)cc1. The molecular formula is C13H13N3O4S. The lowest BCUT2D eigenvalue weighted by Gasteiger charge is -2.08. The van der Waals surface area contributed by atoms with Crippen molar-refractivity contribution in [3.05, 3.63) is 47.9 Å². The average Bonchev–Trinajstić information content (AvgIpc) is 2.45. The van der Waals surface area contributed by atoms with E-state index in [0.29, 0.717) is 6.54 Å². The van der Waals surface area contributed by atoms with Gasteiger partial charge >= 0.3 is 5.97 Å². The van der Waals surface area contributed by atoms with Gasteiger partial charge in [0.25, 0.3) is 0 Å². The topological polar surface area (TPSA) is 109 Å². The van der Waals surface area contributed by atoms with Crippen LogP contribution in [0.1, 0.15) is 16.1 Å². The number of benzene rings is 1. The van der Waals surface area contributed by atoms with Crippen LogP contribution in [-0.4, -0.2) is 35.7 Å². The van der Waals surface area contributed by atoms with Gasteiger partial charge < -0.3 is 10.4 Å². The van der Waals surface area contributed by atoms with Gasteiger partial charge in [0.1, 0.15) is 0 Å². The number of carboxylic acids is 1. The standard InChI is InChI=1S/C13H13N3O4S/c1-21(19,20)10-4-2-9(3-5-10)8-16-12-11(13(17)18)14-6-7-15-12/h2-7H,8H2,1H3,(H,15,16)(H,17,18). The Kier molecular flexibility index (Phi) is 4.18. The number of hydrogen-bond acceptors (Lipinski definition) is 6. The van der Waals surface area contributed by atoms with E-state index in [1.165, 1.54) is 24.5 Å². The van der Waals surface area contributed by atoms with Crippen LogP contribution >= 0.6 is 0 Å². The summed E-state index contributed by atoms with van der Waals surface area (Å²) >= 11 is 0. The smallest absolute Gasteiger partial charge is 0.358 e. The van der Waals surface area contributed by atoms with Gasteiger partial charge in [-0.2, -0.15) is 0 Å². The van der Waals surface area contributed by atoms with Crippen molar-refractivity contribution in [3.63, 3.8) is 0 Å². The van der Waals surface area contributed by atoms with Gasteiger partial charge in [-0.3, -0.25) is 0 Å². The second kappa shape index (κ2) is 5.88. The quantitative estimate of drug-likeness (QED) is 0.853. The predicted octanol–water partition coefficient (Wildman–Crippen LogP) is 1.19. The largest absolute Gasteiger partial charge is 0.476 e. The Morgan fingerprint density at radius 1 is 1.19 bits per heavy atom. The Labute approximate surface area is 121 Å². The van der Waals surface area contributed by atoms with E-state index in [1.807, 2.05) is 0 Å². The summed E-state index contributed by atoms with van der Waals surface area (Å²) in [6.07, 6.45) is 3.83. The zero-order chi connectivity index (χ0) is 15.5. The number of anilines is 1. The Morgan fingerprint density at radius 3 is 2.38 bits per heavy atom. The van der Waals surface area contributed by atoms with E-state index >= 15 is 0 Å². The maximum Gasteiger partial charge on any atom is 0.358 e. The van der Waals surface area contributed by atoms with Crippen LogP contribution in [-0.2, 0) is 16.4 Å². The fraction of sp³-hybridized carbons (Fsp3) is 0.154. The molecule has 1 heterocycles. The van der Waals surface area contributed by atoms with E-state index in [1.54, 1.807) is 12.1 Å². The molecule has 2 N–H and O–H groups in total. The van der Waals surface area contributed by atoms with Gasteiger partial charge in [0, 0.05) is 25.2 Å². The van der Waals surface area contributed by atoms with E-state index < -0.39 is 15.8 Å². The summed E-state index contributed by atoms with van der Waals surface area (Å²) < 4.78 is 22.7. The minimum atomic E-state index is -3.23. The number of aromatic carboxylic acids is 1. The van der Waals surface area contributed by atoms with E-state index in [4.69, 9.17) is 5.11 Å². The molecule has 0 amide bonds. The molecule has 0 spiro atoms. The van der Waals surface area contributed by atoms with Crippen molar-refractivity contribution in [2.75, 3.05) is 11.6 Å². The van der Waals surface area contributed by atoms with Crippen molar-refractivity contribution < 1.29 is 18.3 Å². The molecule has 110 valence electrons. The number of rotatable bonds is 5. The molecule has 0 bridgehead atoms. The van der Waals surface area contributed by atoms with Crippen molar-refractivity contribution >= 4 is 21.6 Å². The van der Waals surface area contributed by atoms with E-state index in [-0.39, 0.29) is 16.4 Å². The van der Waals surface area contributed by atoms with Gasteiger partial charge in [-0.05, 0) is 17.7 Å². The summed E-state index contributed by atoms with van der Waals surface area (Å²) in [4.78, 5) is 18.9. The monoisotopic (exact) mass is 307 g/mol. The van der Waals surface area contributed by atoms with Gasteiger partial charge in [-0.15, -0.1) is 0 Å². The molecule has 0 unspecified atom stereocenters. The second-order valence-corrected chi connectivity index (χ2v) is 6.34. The predicted molar refractivity (Wildman–Crippen MR) is 75.9 cm³/mol. The number of carboxylic acid groups (broad SMARTS) is 1. The lowest BCUT2D eigenvalue weighted by atomic mass is 10.2. The number of hydrogen-bond donors (Lipinski definition) is 2. The molecule has 2 rings (SSSR count). The first-order chi connectivity index (χ1) is 9.88. The summed E-state index contributed by atoms with van der Waals surface area (Å²) in [7, 11) is -3.23. The van der Waals surface area contributed by atoms with Crippen molar-refractivity contribution in [2.24, 2.45) is 0 Å². The maximum atomic E-state index is 11.3. The lowest BCUT2D eigenvalue weighted by Crippen LogP contribution is -2.10. The van der Waals surface area contributed by atoms with Crippen molar-refractivity contribution in [3.8, 4) is 0 Å². The van der Waals surface area contributed by atoms with Crippen LogP contribution in [0.2, 0.25) is 0 Å². The van der Waals surface area contributed by atoms with Crippen molar-refractivity contribution in [1.82, 2.24) is 9.97 Å². The Bertz CT molecular complexity index is 757. The second-order valence-electron chi connectivity index (χ2n) is 4.33. The minimum Gasteiger partial charge on any atom is -0.476 e. The summed E-state index contributed by atoms with van der Waals surface area (Å²) in [5.41, 5.74) is 0.634. The first-order valence-corrected chi connectivity index (χ1v) is 7.84. The molecule has 21 heavy (non-hydrogen) atoms. The van der Waals surface area contributed by atoms with Gasteiger partial charge in [-0.1, -0.05) is 12.1 Å². The maximum absolute atomic E-state index is 11.3. The zero-order valence-corrected chi connectivity index (χ0v) is 12.0. The van der Waals surface area contributed by atoms with Crippen molar-refractivity contribution in [1.29, 1.82) is 0 Å². The normalized spacial score (nSPS) is 11.1. The lowest BCUT2D eigenvalue weighted by molar-refractivity contribution is 0.0691. The van der Waals surface area contributed by atoms with E-state index in [0.717, 1.165) is 11.8 Å². The molecule has 0 fully saturated rings. The van der Waals surface area contributed by atoms with Gasteiger partial charge in [-0.25, -0.2) is 23.2 Å². The van der Waals surface area contributed by atoms with Crippen LogP contribution in [0.5, 0.6) is 0 Å². The van der Waals surface area contributed by atoms with Crippen LogP contribution in [0.4, 0.5) is 5.82 Å².